The van der Waals surface area contributed by atoms with Gasteiger partial charge in [0.25, 0.3) is 0 Å². The fourth-order valence-corrected chi connectivity index (χ4v) is 3.67. The van der Waals surface area contributed by atoms with Crippen LogP contribution in [0.3, 0.4) is 0 Å². The number of hydrogen-bond acceptors (Lipinski definition) is 5. The van der Waals surface area contributed by atoms with E-state index >= 15 is 0 Å². The van der Waals surface area contributed by atoms with Crippen LogP contribution in [0.5, 0.6) is 0 Å². The first-order chi connectivity index (χ1) is 11.5. The monoisotopic (exact) mass is 365 g/mol. The highest BCUT2D eigenvalue weighted by Gasteiger charge is 2.46. The lowest BCUT2D eigenvalue weighted by Gasteiger charge is -2.39. The molecule has 0 aliphatic heterocycles. The van der Waals surface area contributed by atoms with E-state index in [9.17, 15) is 13.2 Å². The summed E-state index contributed by atoms with van der Waals surface area (Å²) in [6, 6.07) is 9.18. The molecule has 0 saturated heterocycles. The smallest absolute Gasteiger partial charge is 0.313 e. The summed E-state index contributed by atoms with van der Waals surface area (Å²) in [7, 11) is -2.59. The number of nitrogens with one attached hydrogen (secondary N) is 1. The zero-order valence-corrected chi connectivity index (χ0v) is 15.8. The highest BCUT2D eigenvalue weighted by molar-refractivity contribution is 7.89. The fraction of sp³-hybridized carbons (Fsp3) is 0.412. The minimum absolute atomic E-state index is 0.0186. The second-order valence-corrected chi connectivity index (χ2v) is 8.49. The zero-order chi connectivity index (χ0) is 18.9. The quantitative estimate of drug-likeness (QED) is 0.792. The average Bonchev–Trinajstić information content (AvgIpc) is 3.04. The van der Waals surface area contributed by atoms with Crippen LogP contribution < -0.4 is 4.72 Å². The predicted molar refractivity (Wildman–Crippen MR) is 93.8 cm³/mol. The summed E-state index contributed by atoms with van der Waals surface area (Å²) in [5.74, 6) is -0.500. The molecule has 0 fully saturated rings. The van der Waals surface area contributed by atoms with E-state index in [0.717, 1.165) is 5.69 Å². The van der Waals surface area contributed by atoms with Crippen LogP contribution in [0.15, 0.2) is 47.6 Å². The molecule has 2 aromatic rings. The molecule has 0 radical (unpaired) electrons. The van der Waals surface area contributed by atoms with Gasteiger partial charge in [-0.3, -0.25) is 4.79 Å². The summed E-state index contributed by atoms with van der Waals surface area (Å²) >= 11 is 0. The van der Waals surface area contributed by atoms with E-state index in [0.29, 0.717) is 0 Å². The van der Waals surface area contributed by atoms with Gasteiger partial charge in [0, 0.05) is 5.54 Å². The molecule has 0 bridgehead atoms. The Kier molecular flexibility index (Phi) is 5.06. The van der Waals surface area contributed by atoms with Crippen LogP contribution in [0.4, 0.5) is 0 Å². The van der Waals surface area contributed by atoms with Crippen molar-refractivity contribution in [2.45, 2.75) is 38.1 Å². The molecule has 0 spiro atoms. The average molecular weight is 365 g/mol. The summed E-state index contributed by atoms with van der Waals surface area (Å²) in [5, 5.41) is 4.10. The molecular weight excluding hydrogens is 342 g/mol. The molecule has 1 aromatic heterocycles. The molecule has 1 aromatic carbocycles. The first kappa shape index (κ1) is 19.1. The summed E-state index contributed by atoms with van der Waals surface area (Å²) in [6.07, 6.45) is 2.70. The third-order valence-electron chi connectivity index (χ3n) is 4.54. The first-order valence-corrected chi connectivity index (χ1v) is 9.22. The molecule has 0 aliphatic carbocycles. The van der Waals surface area contributed by atoms with Crippen molar-refractivity contribution in [3.8, 4) is 5.69 Å². The number of nitrogens with zero attached hydrogens (tertiary/aromatic N) is 2. The number of para-hydroxylation sites is 1. The SMILES string of the molecule is COC(=O)C(C)(C)C(C)(C)NS(=O)(=O)c1cnn(-c2ccccc2)c1. The van der Waals surface area contributed by atoms with E-state index < -0.39 is 26.9 Å². The maximum atomic E-state index is 12.7. The number of rotatable bonds is 6. The summed E-state index contributed by atoms with van der Waals surface area (Å²) < 4.78 is 34.3. The number of sulfonamides is 1. The molecule has 1 heterocycles. The van der Waals surface area contributed by atoms with Crippen molar-refractivity contribution < 1.29 is 17.9 Å². The summed E-state index contributed by atoms with van der Waals surface area (Å²) in [6.45, 7) is 6.55. The fourth-order valence-electron chi connectivity index (χ4n) is 2.20. The maximum Gasteiger partial charge on any atom is 0.313 e. The van der Waals surface area contributed by atoms with Gasteiger partial charge >= 0.3 is 5.97 Å². The van der Waals surface area contributed by atoms with Crippen LogP contribution in [-0.2, 0) is 19.6 Å². The molecule has 136 valence electrons. The Hall–Kier alpha value is -2.19. The van der Waals surface area contributed by atoms with Crippen LogP contribution in [0.25, 0.3) is 5.69 Å². The van der Waals surface area contributed by atoms with E-state index in [4.69, 9.17) is 4.74 Å². The van der Waals surface area contributed by atoms with Crippen molar-refractivity contribution in [2.24, 2.45) is 5.41 Å². The summed E-state index contributed by atoms with van der Waals surface area (Å²) in [5.41, 5.74) is -1.39. The van der Waals surface area contributed by atoms with Gasteiger partial charge in [0.2, 0.25) is 10.0 Å². The molecule has 8 heteroatoms. The zero-order valence-electron chi connectivity index (χ0n) is 15.0. The number of esters is 1. The highest BCUT2D eigenvalue weighted by atomic mass is 32.2. The van der Waals surface area contributed by atoms with Gasteiger partial charge in [-0.15, -0.1) is 0 Å². The topological polar surface area (TPSA) is 90.3 Å². The molecule has 0 saturated carbocycles. The molecular formula is C17H23N3O4S. The molecule has 0 unspecified atom stereocenters. The van der Waals surface area contributed by atoms with Crippen LogP contribution in [0.2, 0.25) is 0 Å². The van der Waals surface area contributed by atoms with Gasteiger partial charge in [0.05, 0.1) is 30.6 Å². The van der Waals surface area contributed by atoms with Crippen molar-refractivity contribution in [3.63, 3.8) is 0 Å². The van der Waals surface area contributed by atoms with Gasteiger partial charge < -0.3 is 4.74 Å². The lowest BCUT2D eigenvalue weighted by molar-refractivity contribution is -0.154. The molecule has 0 atom stereocenters. The van der Waals surface area contributed by atoms with Crippen LogP contribution >= 0.6 is 0 Å². The molecule has 0 aliphatic rings. The molecule has 25 heavy (non-hydrogen) atoms. The number of carbonyl (C=O) groups excluding carboxylic acids is 1. The predicted octanol–water partition coefficient (Wildman–Crippen LogP) is 2.13. The standard InChI is InChI=1S/C17H23N3O4S/c1-16(2,15(21)24-5)17(3,4)19-25(22,23)14-11-18-20(12-14)13-9-7-6-8-10-13/h6-12,19H,1-5H3. The number of aromatic nitrogens is 2. The number of methoxy groups -OCH3 is 1. The maximum absolute atomic E-state index is 12.7. The molecule has 0 amide bonds. The number of benzene rings is 1. The van der Waals surface area contributed by atoms with Crippen molar-refractivity contribution in [3.05, 3.63) is 42.7 Å². The lowest BCUT2D eigenvalue weighted by Crippen LogP contribution is -2.57. The Balaban J connectivity index is 2.31. The van der Waals surface area contributed by atoms with E-state index in [1.807, 2.05) is 30.3 Å². The number of hydrogen-bond donors (Lipinski definition) is 1. The van der Waals surface area contributed by atoms with E-state index in [-0.39, 0.29) is 4.90 Å². The van der Waals surface area contributed by atoms with Crippen LogP contribution in [0, 0.1) is 5.41 Å². The van der Waals surface area contributed by atoms with Crippen LogP contribution in [-0.4, -0.2) is 36.8 Å². The largest absolute Gasteiger partial charge is 0.469 e. The second kappa shape index (κ2) is 6.61. The Morgan fingerprint density at radius 2 is 1.76 bits per heavy atom. The van der Waals surface area contributed by atoms with Crippen molar-refractivity contribution in [1.82, 2.24) is 14.5 Å². The third kappa shape index (κ3) is 3.74. The highest BCUT2D eigenvalue weighted by Crippen LogP contribution is 2.33. The van der Waals surface area contributed by atoms with Gasteiger partial charge in [-0.25, -0.2) is 17.8 Å². The minimum Gasteiger partial charge on any atom is -0.469 e. The summed E-state index contributed by atoms with van der Waals surface area (Å²) in [4.78, 5) is 12.0. The normalized spacial score (nSPS) is 12.8. The van der Waals surface area contributed by atoms with E-state index in [2.05, 4.69) is 9.82 Å². The Morgan fingerprint density at radius 3 is 2.32 bits per heavy atom. The van der Waals surface area contributed by atoms with Gasteiger partial charge in [-0.1, -0.05) is 18.2 Å². The minimum atomic E-state index is -3.87. The van der Waals surface area contributed by atoms with Gasteiger partial charge in [-0.2, -0.15) is 5.10 Å². The first-order valence-electron chi connectivity index (χ1n) is 7.74. The lowest BCUT2D eigenvalue weighted by atomic mass is 9.75. The van der Waals surface area contributed by atoms with E-state index in [1.54, 1.807) is 27.7 Å². The van der Waals surface area contributed by atoms with Crippen molar-refractivity contribution in [1.29, 1.82) is 0 Å². The Labute approximate surface area is 148 Å². The number of carbonyl (C=O) groups is 1. The molecule has 7 nitrogen and oxygen atoms in total. The molecule has 2 rings (SSSR count). The Bertz CT molecular complexity index is 855. The second-order valence-electron chi connectivity index (χ2n) is 6.80. The van der Waals surface area contributed by atoms with Gasteiger partial charge in [-0.05, 0) is 39.8 Å². The van der Waals surface area contributed by atoms with Gasteiger partial charge in [0.15, 0.2) is 0 Å². The molecule has 1 N–H and O–H groups in total. The van der Waals surface area contributed by atoms with E-state index in [1.165, 1.54) is 24.2 Å². The van der Waals surface area contributed by atoms with Crippen LogP contribution in [0.1, 0.15) is 27.7 Å². The van der Waals surface area contributed by atoms with Crippen molar-refractivity contribution >= 4 is 16.0 Å². The van der Waals surface area contributed by atoms with Gasteiger partial charge in [0.1, 0.15) is 4.90 Å². The number of ether oxygens (including phenoxy) is 1. The third-order valence-corrected chi connectivity index (χ3v) is 6.15. The Morgan fingerprint density at radius 1 is 1.16 bits per heavy atom. The van der Waals surface area contributed by atoms with Crippen molar-refractivity contribution in [2.75, 3.05) is 7.11 Å².